The quantitative estimate of drug-likeness (QED) is 0.816. The van der Waals surface area contributed by atoms with Crippen LogP contribution < -0.4 is 9.46 Å². The van der Waals surface area contributed by atoms with Crippen molar-refractivity contribution in [1.29, 1.82) is 5.26 Å². The predicted molar refractivity (Wildman–Crippen MR) is 85.4 cm³/mol. The molecule has 0 saturated heterocycles. The molecule has 2 aromatic rings. The fourth-order valence-corrected chi connectivity index (χ4v) is 4.91. The second-order valence-electron chi connectivity index (χ2n) is 3.74. The number of hydrogen-bond donors (Lipinski definition) is 1. The Bertz CT molecular complexity index is 780. The number of ether oxygens (including phenoxy) is 1. The number of benzene rings is 1. The maximum Gasteiger partial charge on any atom is 0.271 e. The van der Waals surface area contributed by atoms with Gasteiger partial charge in [-0.1, -0.05) is 23.7 Å². The van der Waals surface area contributed by atoms with Crippen LogP contribution >= 0.6 is 38.9 Å². The molecule has 0 amide bonds. The number of sulfonamides is 1. The molecule has 0 spiro atoms. The van der Waals surface area contributed by atoms with Gasteiger partial charge in [0.25, 0.3) is 10.0 Å². The molecule has 1 heterocycles. The molecule has 0 aliphatic carbocycles. The number of thiophene rings is 1. The minimum atomic E-state index is -3.77. The van der Waals surface area contributed by atoms with Crippen LogP contribution in [-0.4, -0.2) is 15.0 Å². The monoisotopic (exact) mass is 406 g/mol. The number of nitrogens with zero attached hydrogens (tertiary/aromatic N) is 1. The van der Waals surface area contributed by atoms with Gasteiger partial charge in [0.05, 0.1) is 14.5 Å². The summed E-state index contributed by atoms with van der Waals surface area (Å²) in [6, 6.07) is 9.66. The van der Waals surface area contributed by atoms with Crippen molar-refractivity contribution in [1.82, 2.24) is 0 Å². The molecule has 0 bridgehead atoms. The van der Waals surface area contributed by atoms with Gasteiger partial charge in [0.2, 0.25) is 0 Å². The van der Waals surface area contributed by atoms with Gasteiger partial charge in [-0.25, -0.2) is 8.42 Å². The molecule has 0 unspecified atom stereocenters. The molecule has 9 heteroatoms. The lowest BCUT2D eigenvalue weighted by Crippen LogP contribution is -2.12. The zero-order valence-corrected chi connectivity index (χ0v) is 14.3. The fourth-order valence-electron chi connectivity index (χ4n) is 1.44. The van der Waals surface area contributed by atoms with Crippen LogP contribution in [0, 0.1) is 11.3 Å². The van der Waals surface area contributed by atoms with Crippen LogP contribution in [0.25, 0.3) is 0 Å². The summed E-state index contributed by atoms with van der Waals surface area (Å²) in [6.07, 6.45) is 0. The van der Waals surface area contributed by atoms with E-state index < -0.39 is 10.0 Å². The molecule has 1 N–H and O–H groups in total. The Kier molecular flexibility index (Phi) is 5.11. The van der Waals surface area contributed by atoms with Crippen molar-refractivity contribution in [2.24, 2.45) is 0 Å². The standard InChI is InChI=1S/C12H8BrClN2O3S2/c13-12-8(14)7-11(20-12)21(17,18)16-9-3-1-2-4-10(9)19-6-5-15/h1-4,7,16H,6H2. The smallest absolute Gasteiger partial charge is 0.271 e. The number of halogens is 2. The molecular weight excluding hydrogens is 400 g/mol. The van der Waals surface area contributed by atoms with Crippen molar-refractivity contribution in [3.8, 4) is 11.8 Å². The number of nitriles is 1. The van der Waals surface area contributed by atoms with Gasteiger partial charge < -0.3 is 4.74 Å². The van der Waals surface area contributed by atoms with E-state index >= 15 is 0 Å². The minimum absolute atomic E-state index is 0.0782. The number of nitrogens with one attached hydrogen (secondary N) is 1. The molecule has 0 aliphatic heterocycles. The van der Waals surface area contributed by atoms with Crippen LogP contribution in [0.5, 0.6) is 5.75 Å². The summed E-state index contributed by atoms with van der Waals surface area (Å²) in [7, 11) is -3.77. The summed E-state index contributed by atoms with van der Waals surface area (Å²) in [5, 5.41) is 8.86. The first-order valence-electron chi connectivity index (χ1n) is 5.50. The first-order chi connectivity index (χ1) is 9.94. The molecule has 2 rings (SSSR count). The lowest BCUT2D eigenvalue weighted by molar-refractivity contribution is 0.370. The van der Waals surface area contributed by atoms with Crippen molar-refractivity contribution in [3.05, 3.63) is 39.1 Å². The molecule has 1 aromatic carbocycles. The summed E-state index contributed by atoms with van der Waals surface area (Å²) in [5.41, 5.74) is 0.258. The molecule has 0 fully saturated rings. The van der Waals surface area contributed by atoms with Crippen LogP contribution in [0.3, 0.4) is 0 Å². The zero-order valence-electron chi connectivity index (χ0n) is 10.3. The molecule has 110 valence electrons. The molecular formula is C12H8BrClN2O3S2. The van der Waals surface area contributed by atoms with E-state index in [-0.39, 0.29) is 22.3 Å². The van der Waals surface area contributed by atoms with Gasteiger partial charge in [-0.15, -0.1) is 11.3 Å². The summed E-state index contributed by atoms with van der Waals surface area (Å²) in [5.74, 6) is 0.282. The largest absolute Gasteiger partial charge is 0.477 e. The molecule has 5 nitrogen and oxygen atoms in total. The fraction of sp³-hybridized carbons (Fsp3) is 0.0833. The average Bonchev–Trinajstić information content (AvgIpc) is 2.78. The lowest BCUT2D eigenvalue weighted by atomic mass is 10.3. The van der Waals surface area contributed by atoms with Crippen LogP contribution in [-0.2, 0) is 10.0 Å². The predicted octanol–water partition coefficient (Wildman–Crippen LogP) is 3.87. The van der Waals surface area contributed by atoms with E-state index in [0.29, 0.717) is 8.81 Å². The third-order valence-electron chi connectivity index (χ3n) is 2.31. The van der Waals surface area contributed by atoms with Crippen LogP contribution in [0.4, 0.5) is 5.69 Å². The Labute approximate surface area is 139 Å². The molecule has 0 radical (unpaired) electrons. The number of rotatable bonds is 5. The molecule has 0 atom stereocenters. The number of para-hydroxylation sites is 2. The third-order valence-corrected chi connectivity index (χ3v) is 6.62. The third kappa shape index (κ3) is 3.89. The van der Waals surface area contributed by atoms with Crippen molar-refractivity contribution in [2.75, 3.05) is 11.3 Å². The maximum atomic E-state index is 12.3. The highest BCUT2D eigenvalue weighted by molar-refractivity contribution is 9.11. The molecule has 0 saturated carbocycles. The van der Waals surface area contributed by atoms with E-state index in [1.54, 1.807) is 24.3 Å². The Morgan fingerprint density at radius 2 is 2.14 bits per heavy atom. The van der Waals surface area contributed by atoms with E-state index in [9.17, 15) is 8.42 Å². The lowest BCUT2D eigenvalue weighted by Gasteiger charge is -2.11. The van der Waals surface area contributed by atoms with Crippen molar-refractivity contribution >= 4 is 54.6 Å². The second-order valence-corrected chi connectivity index (χ2v) is 8.42. The molecule has 1 aromatic heterocycles. The highest BCUT2D eigenvalue weighted by atomic mass is 79.9. The first-order valence-corrected chi connectivity index (χ1v) is 8.97. The Morgan fingerprint density at radius 3 is 2.76 bits per heavy atom. The van der Waals surface area contributed by atoms with Gasteiger partial charge in [0.15, 0.2) is 6.61 Å². The van der Waals surface area contributed by atoms with Gasteiger partial charge in [0, 0.05) is 0 Å². The zero-order chi connectivity index (χ0) is 15.5. The Morgan fingerprint density at radius 1 is 1.43 bits per heavy atom. The minimum Gasteiger partial charge on any atom is -0.477 e. The molecule has 21 heavy (non-hydrogen) atoms. The van der Waals surface area contributed by atoms with Gasteiger partial charge in [-0.3, -0.25) is 4.72 Å². The van der Waals surface area contributed by atoms with Gasteiger partial charge in [0.1, 0.15) is 16.0 Å². The first kappa shape index (κ1) is 16.1. The van der Waals surface area contributed by atoms with E-state index in [4.69, 9.17) is 21.6 Å². The van der Waals surface area contributed by atoms with Gasteiger partial charge in [-0.2, -0.15) is 5.26 Å². The highest BCUT2D eigenvalue weighted by Gasteiger charge is 2.20. The Balaban J connectivity index is 2.31. The van der Waals surface area contributed by atoms with E-state index in [0.717, 1.165) is 11.3 Å². The van der Waals surface area contributed by atoms with E-state index in [1.807, 2.05) is 6.07 Å². The summed E-state index contributed by atoms with van der Waals surface area (Å²) in [4.78, 5) is 0. The number of anilines is 1. The van der Waals surface area contributed by atoms with Crippen molar-refractivity contribution in [2.45, 2.75) is 4.21 Å². The topological polar surface area (TPSA) is 79.2 Å². The SMILES string of the molecule is N#CCOc1ccccc1NS(=O)(=O)c1cc(Cl)c(Br)s1. The van der Waals surface area contributed by atoms with Crippen LogP contribution in [0.1, 0.15) is 0 Å². The van der Waals surface area contributed by atoms with Gasteiger partial charge >= 0.3 is 0 Å². The highest BCUT2D eigenvalue weighted by Crippen LogP contribution is 2.36. The molecule has 0 aliphatic rings. The van der Waals surface area contributed by atoms with Gasteiger partial charge in [-0.05, 0) is 34.1 Å². The summed E-state index contributed by atoms with van der Waals surface area (Å²) < 4.78 is 32.8. The summed E-state index contributed by atoms with van der Waals surface area (Å²) >= 11 is 10.0. The summed E-state index contributed by atoms with van der Waals surface area (Å²) in [6.45, 7) is -0.172. The van der Waals surface area contributed by atoms with E-state index in [1.165, 1.54) is 6.07 Å². The second kappa shape index (κ2) is 6.66. The Hall–Kier alpha value is -1.27. The maximum absolute atomic E-state index is 12.3. The van der Waals surface area contributed by atoms with Crippen molar-refractivity contribution in [3.63, 3.8) is 0 Å². The van der Waals surface area contributed by atoms with Crippen molar-refractivity contribution < 1.29 is 13.2 Å². The van der Waals surface area contributed by atoms with Crippen LogP contribution in [0.2, 0.25) is 5.02 Å². The average molecular weight is 408 g/mol. The van der Waals surface area contributed by atoms with E-state index in [2.05, 4.69) is 20.7 Å². The van der Waals surface area contributed by atoms with Crippen LogP contribution in [0.15, 0.2) is 38.3 Å². The number of hydrogen-bond acceptors (Lipinski definition) is 5. The normalized spacial score (nSPS) is 10.9.